The second-order valence-corrected chi connectivity index (χ2v) is 4.91. The normalized spacial score (nSPS) is 26.1. The Morgan fingerprint density at radius 1 is 1.47 bits per heavy atom. The van der Waals surface area contributed by atoms with Gasteiger partial charge in [0.1, 0.15) is 5.82 Å². The van der Waals surface area contributed by atoms with Crippen LogP contribution in [0.4, 0.5) is 4.39 Å². The maximum Gasteiger partial charge on any atom is 0.123 e. The molecule has 0 radical (unpaired) electrons. The highest BCUT2D eigenvalue weighted by molar-refractivity contribution is 5.30. The zero-order valence-electron chi connectivity index (χ0n) is 10.7. The van der Waals surface area contributed by atoms with E-state index in [-0.39, 0.29) is 11.9 Å². The topological polar surface area (TPSA) is 21.3 Å². The first-order valence-electron chi connectivity index (χ1n) is 6.16. The number of benzene rings is 1. The van der Waals surface area contributed by atoms with Crippen LogP contribution in [0.1, 0.15) is 30.5 Å². The molecule has 1 aromatic rings. The molecule has 3 heteroatoms. The van der Waals surface area contributed by atoms with Crippen LogP contribution >= 0.6 is 0 Å². The summed E-state index contributed by atoms with van der Waals surface area (Å²) in [6.45, 7) is 4.87. The Morgan fingerprint density at radius 3 is 2.82 bits per heavy atom. The molecule has 0 amide bonds. The van der Waals surface area contributed by atoms with Gasteiger partial charge in [-0.3, -0.25) is 0 Å². The molecular formula is C14H20FNO. The molecule has 0 saturated carbocycles. The van der Waals surface area contributed by atoms with E-state index in [1.54, 1.807) is 6.07 Å². The van der Waals surface area contributed by atoms with Gasteiger partial charge in [0.25, 0.3) is 0 Å². The van der Waals surface area contributed by atoms with Crippen LogP contribution in [0, 0.1) is 18.7 Å². The molecule has 1 aromatic carbocycles. The van der Waals surface area contributed by atoms with Gasteiger partial charge in [0.15, 0.2) is 0 Å². The molecule has 2 rings (SSSR count). The van der Waals surface area contributed by atoms with Crippen LogP contribution in [0.3, 0.4) is 0 Å². The third kappa shape index (κ3) is 2.67. The third-order valence-electron chi connectivity index (χ3n) is 3.59. The Labute approximate surface area is 102 Å². The molecule has 1 heterocycles. The average Bonchev–Trinajstić information content (AvgIpc) is 2.71. The first-order chi connectivity index (χ1) is 8.11. The molecule has 3 atom stereocenters. The van der Waals surface area contributed by atoms with Crippen molar-refractivity contribution in [2.24, 2.45) is 5.92 Å². The Bertz CT molecular complexity index is 394. The van der Waals surface area contributed by atoms with Crippen molar-refractivity contribution in [2.75, 3.05) is 13.7 Å². The van der Waals surface area contributed by atoms with Crippen LogP contribution in [0.15, 0.2) is 18.2 Å². The molecule has 0 aromatic heterocycles. The Balaban J connectivity index is 2.25. The number of hydrogen-bond acceptors (Lipinski definition) is 2. The number of nitrogens with one attached hydrogen (secondary N) is 1. The zero-order valence-corrected chi connectivity index (χ0v) is 10.7. The number of rotatable bonds is 3. The van der Waals surface area contributed by atoms with Crippen molar-refractivity contribution >= 4 is 0 Å². The minimum Gasteiger partial charge on any atom is -0.378 e. The fourth-order valence-corrected chi connectivity index (χ4v) is 2.67. The highest BCUT2D eigenvalue weighted by Crippen LogP contribution is 2.33. The van der Waals surface area contributed by atoms with E-state index in [0.717, 1.165) is 24.2 Å². The summed E-state index contributed by atoms with van der Waals surface area (Å²) in [6.07, 6.45) is 1.34. The van der Waals surface area contributed by atoms with Gasteiger partial charge in [-0.1, -0.05) is 6.07 Å². The monoisotopic (exact) mass is 237 g/mol. The largest absolute Gasteiger partial charge is 0.378 e. The van der Waals surface area contributed by atoms with Gasteiger partial charge < -0.3 is 10.1 Å². The minimum atomic E-state index is -0.169. The first kappa shape index (κ1) is 12.5. The van der Waals surface area contributed by atoms with Gasteiger partial charge in [0, 0.05) is 12.0 Å². The van der Waals surface area contributed by atoms with Crippen molar-refractivity contribution in [1.29, 1.82) is 0 Å². The average molecular weight is 237 g/mol. The van der Waals surface area contributed by atoms with E-state index in [1.165, 1.54) is 6.07 Å². The molecule has 2 nitrogen and oxygen atoms in total. The smallest absolute Gasteiger partial charge is 0.123 e. The second-order valence-electron chi connectivity index (χ2n) is 4.91. The molecule has 1 saturated heterocycles. The van der Waals surface area contributed by atoms with Gasteiger partial charge in [-0.2, -0.15) is 0 Å². The molecule has 1 fully saturated rings. The van der Waals surface area contributed by atoms with E-state index in [4.69, 9.17) is 4.74 Å². The summed E-state index contributed by atoms with van der Waals surface area (Å²) in [5.74, 6) is 0.258. The zero-order chi connectivity index (χ0) is 12.4. The molecule has 1 aliphatic rings. The van der Waals surface area contributed by atoms with Crippen molar-refractivity contribution in [3.05, 3.63) is 35.1 Å². The molecule has 1 N–H and O–H groups in total. The van der Waals surface area contributed by atoms with Crippen molar-refractivity contribution in [3.63, 3.8) is 0 Å². The van der Waals surface area contributed by atoms with Crippen LogP contribution in [0.25, 0.3) is 0 Å². The standard InChI is InChI=1S/C14H20FNO/c1-9-4-5-12(15)7-13(9)14(16-3)11-6-10(2)17-8-11/h4-5,7,10-11,14,16H,6,8H2,1-3H3. The molecule has 17 heavy (non-hydrogen) atoms. The number of ether oxygens (including phenoxy) is 1. The van der Waals surface area contributed by atoms with Crippen LogP contribution in [-0.2, 0) is 4.74 Å². The third-order valence-corrected chi connectivity index (χ3v) is 3.59. The molecule has 1 aliphatic heterocycles. The molecule has 0 aliphatic carbocycles. The number of halogens is 1. The fraction of sp³-hybridized carbons (Fsp3) is 0.571. The van der Waals surface area contributed by atoms with Crippen LogP contribution in [0.2, 0.25) is 0 Å². The maximum atomic E-state index is 13.3. The second kappa shape index (κ2) is 5.15. The van der Waals surface area contributed by atoms with Crippen LogP contribution < -0.4 is 5.32 Å². The van der Waals surface area contributed by atoms with Gasteiger partial charge in [-0.05, 0) is 50.6 Å². The van der Waals surface area contributed by atoms with Gasteiger partial charge in [-0.25, -0.2) is 4.39 Å². The lowest BCUT2D eigenvalue weighted by molar-refractivity contribution is 0.117. The SMILES string of the molecule is CNC(c1cc(F)ccc1C)C1COC(C)C1. The fourth-order valence-electron chi connectivity index (χ4n) is 2.67. The molecule has 0 bridgehead atoms. The molecule has 94 valence electrons. The van der Waals surface area contributed by atoms with Gasteiger partial charge in [0.2, 0.25) is 0 Å². The van der Waals surface area contributed by atoms with E-state index in [1.807, 2.05) is 20.0 Å². The van der Waals surface area contributed by atoms with Gasteiger partial charge >= 0.3 is 0 Å². The lowest BCUT2D eigenvalue weighted by atomic mass is 9.89. The molecular weight excluding hydrogens is 217 g/mol. The van der Waals surface area contributed by atoms with E-state index in [2.05, 4.69) is 12.2 Å². The van der Waals surface area contributed by atoms with Crippen molar-refractivity contribution in [2.45, 2.75) is 32.4 Å². The predicted octanol–water partition coefficient (Wildman–Crippen LogP) is 2.82. The maximum absolute atomic E-state index is 13.3. The highest BCUT2D eigenvalue weighted by atomic mass is 19.1. The van der Waals surface area contributed by atoms with Crippen LogP contribution in [0.5, 0.6) is 0 Å². The lowest BCUT2D eigenvalue weighted by Gasteiger charge is -2.24. The van der Waals surface area contributed by atoms with E-state index < -0.39 is 0 Å². The Kier molecular flexibility index (Phi) is 3.79. The Morgan fingerprint density at radius 2 is 2.24 bits per heavy atom. The quantitative estimate of drug-likeness (QED) is 0.872. The lowest BCUT2D eigenvalue weighted by Crippen LogP contribution is -2.26. The van der Waals surface area contributed by atoms with Crippen molar-refractivity contribution in [3.8, 4) is 0 Å². The number of aryl methyl sites for hydroxylation is 1. The van der Waals surface area contributed by atoms with E-state index in [9.17, 15) is 4.39 Å². The summed E-state index contributed by atoms with van der Waals surface area (Å²) in [4.78, 5) is 0. The van der Waals surface area contributed by atoms with Crippen molar-refractivity contribution in [1.82, 2.24) is 5.32 Å². The molecule has 3 unspecified atom stereocenters. The van der Waals surface area contributed by atoms with Crippen LogP contribution in [-0.4, -0.2) is 19.8 Å². The number of hydrogen-bond donors (Lipinski definition) is 1. The summed E-state index contributed by atoms with van der Waals surface area (Å²) < 4.78 is 19.0. The molecule has 0 spiro atoms. The summed E-state index contributed by atoms with van der Waals surface area (Å²) >= 11 is 0. The first-order valence-corrected chi connectivity index (χ1v) is 6.16. The highest BCUT2D eigenvalue weighted by Gasteiger charge is 2.30. The summed E-state index contributed by atoms with van der Waals surface area (Å²) in [5.41, 5.74) is 2.18. The summed E-state index contributed by atoms with van der Waals surface area (Å²) in [6, 6.07) is 5.17. The van der Waals surface area contributed by atoms with Gasteiger partial charge in [-0.15, -0.1) is 0 Å². The van der Waals surface area contributed by atoms with Crippen molar-refractivity contribution < 1.29 is 9.13 Å². The van der Waals surface area contributed by atoms with Gasteiger partial charge in [0.05, 0.1) is 12.7 Å². The minimum absolute atomic E-state index is 0.169. The summed E-state index contributed by atoms with van der Waals surface area (Å²) in [7, 11) is 1.93. The summed E-state index contributed by atoms with van der Waals surface area (Å²) in [5, 5.41) is 3.30. The predicted molar refractivity (Wildman–Crippen MR) is 66.5 cm³/mol. The van der Waals surface area contributed by atoms with E-state index in [0.29, 0.717) is 12.0 Å². The Hall–Kier alpha value is -0.930. The van der Waals surface area contributed by atoms with E-state index >= 15 is 0 Å².